The lowest BCUT2D eigenvalue weighted by Gasteiger charge is -2.34. The van der Waals surface area contributed by atoms with E-state index in [1.54, 1.807) is 0 Å². The van der Waals surface area contributed by atoms with Gasteiger partial charge in [0.05, 0.1) is 25.4 Å². The molecule has 0 aliphatic carbocycles. The minimum atomic E-state index is -0.112. The lowest BCUT2D eigenvalue weighted by Crippen LogP contribution is -2.49. The van der Waals surface area contributed by atoms with E-state index in [1.165, 1.54) is 0 Å². The number of carbonyl (C=O) groups excluding carboxylic acids is 1. The van der Waals surface area contributed by atoms with Gasteiger partial charge < -0.3 is 9.47 Å². The zero-order valence-electron chi connectivity index (χ0n) is 15.3. The second-order valence-electron chi connectivity index (χ2n) is 8.30. The molecule has 1 aliphatic heterocycles. The normalized spacial score (nSPS) is 18.5. The maximum Gasteiger partial charge on any atom is 0.320 e. The molecule has 0 aromatic rings. The Kier molecular flexibility index (Phi) is 7.29. The first-order chi connectivity index (χ1) is 10.1. The van der Waals surface area contributed by atoms with Crippen LogP contribution in [0.25, 0.3) is 0 Å². The summed E-state index contributed by atoms with van der Waals surface area (Å²) in [5.41, 5.74) is -0.0416. The number of piperazine rings is 1. The largest absolute Gasteiger partial charge is 0.464 e. The lowest BCUT2D eigenvalue weighted by atomic mass is 9.99. The third kappa shape index (κ3) is 9.38. The van der Waals surface area contributed by atoms with Crippen LogP contribution in [0.5, 0.6) is 0 Å². The summed E-state index contributed by atoms with van der Waals surface area (Å²) in [5, 5.41) is 0. The zero-order valence-corrected chi connectivity index (χ0v) is 15.3. The van der Waals surface area contributed by atoms with Crippen molar-refractivity contribution in [3.63, 3.8) is 0 Å². The van der Waals surface area contributed by atoms with Gasteiger partial charge in [-0.1, -0.05) is 20.8 Å². The van der Waals surface area contributed by atoms with Gasteiger partial charge in [-0.2, -0.15) is 0 Å². The Morgan fingerprint density at radius 3 is 2.00 bits per heavy atom. The lowest BCUT2D eigenvalue weighted by molar-refractivity contribution is -0.148. The van der Waals surface area contributed by atoms with Crippen molar-refractivity contribution in [2.24, 2.45) is 5.41 Å². The van der Waals surface area contributed by atoms with Crippen LogP contribution in [-0.2, 0) is 14.3 Å². The molecule has 0 amide bonds. The summed E-state index contributed by atoms with van der Waals surface area (Å²) in [5.74, 6) is -0.112. The Bertz CT molecular complexity index is 337. The summed E-state index contributed by atoms with van der Waals surface area (Å²) in [6.07, 6.45) is 0. The second-order valence-corrected chi connectivity index (χ2v) is 8.30. The van der Waals surface area contributed by atoms with Crippen LogP contribution < -0.4 is 0 Å². The molecule has 1 rings (SSSR count). The maximum atomic E-state index is 11.8. The Hall–Kier alpha value is -0.650. The monoisotopic (exact) mass is 314 g/mol. The van der Waals surface area contributed by atoms with Crippen LogP contribution in [0.3, 0.4) is 0 Å². The summed E-state index contributed by atoms with van der Waals surface area (Å²) in [4.78, 5) is 16.4. The van der Waals surface area contributed by atoms with E-state index in [1.807, 2.05) is 0 Å². The number of hydrogen-bond donors (Lipinski definition) is 0. The minimum absolute atomic E-state index is 0.0292. The number of nitrogens with zero attached hydrogens (tertiary/aromatic N) is 2. The number of ether oxygens (including phenoxy) is 2. The van der Waals surface area contributed by atoms with Gasteiger partial charge in [0, 0.05) is 32.7 Å². The van der Waals surface area contributed by atoms with Gasteiger partial charge in [0.25, 0.3) is 0 Å². The molecule has 1 aliphatic rings. The second kappa shape index (κ2) is 8.27. The highest BCUT2D eigenvalue weighted by molar-refractivity contribution is 5.71. The third-order valence-corrected chi connectivity index (χ3v) is 3.43. The van der Waals surface area contributed by atoms with Crippen molar-refractivity contribution in [1.29, 1.82) is 0 Å². The highest BCUT2D eigenvalue weighted by Gasteiger charge is 2.21. The molecule has 0 spiro atoms. The van der Waals surface area contributed by atoms with Crippen LogP contribution in [-0.4, -0.2) is 73.9 Å². The van der Waals surface area contributed by atoms with Crippen LogP contribution in [0.2, 0.25) is 0 Å². The molecule has 0 saturated carbocycles. The van der Waals surface area contributed by atoms with Gasteiger partial charge in [0.2, 0.25) is 0 Å². The Balaban J connectivity index is 2.16. The fourth-order valence-electron chi connectivity index (χ4n) is 2.18. The molecule has 1 fully saturated rings. The van der Waals surface area contributed by atoms with Gasteiger partial charge in [-0.15, -0.1) is 0 Å². The predicted octanol–water partition coefficient (Wildman–Crippen LogP) is 2.01. The summed E-state index contributed by atoms with van der Waals surface area (Å²) in [7, 11) is 0. The van der Waals surface area contributed by atoms with E-state index in [0.717, 1.165) is 39.3 Å². The average molecular weight is 314 g/mol. The van der Waals surface area contributed by atoms with Crippen LogP contribution in [0.1, 0.15) is 41.5 Å². The standard InChI is InChI=1S/C17H34N2O3/c1-16(2,3)14-21-15(20)13-19-9-7-18(8-10-19)11-12-22-17(4,5)6/h7-14H2,1-6H3. The molecule has 5 heteroatoms. The van der Waals surface area contributed by atoms with Gasteiger partial charge in [0.1, 0.15) is 0 Å². The molecular weight excluding hydrogens is 280 g/mol. The number of rotatable bonds is 6. The van der Waals surface area contributed by atoms with Gasteiger partial charge in [-0.25, -0.2) is 0 Å². The van der Waals surface area contributed by atoms with Crippen LogP contribution in [0.4, 0.5) is 0 Å². The van der Waals surface area contributed by atoms with Crippen molar-refractivity contribution in [2.75, 3.05) is 52.5 Å². The van der Waals surface area contributed by atoms with Crippen LogP contribution in [0, 0.1) is 5.41 Å². The Labute approximate surface area is 135 Å². The first-order valence-electron chi connectivity index (χ1n) is 8.29. The predicted molar refractivity (Wildman–Crippen MR) is 89.0 cm³/mol. The molecule has 0 bridgehead atoms. The van der Waals surface area contributed by atoms with Crippen LogP contribution in [0.15, 0.2) is 0 Å². The van der Waals surface area contributed by atoms with Crippen molar-refractivity contribution in [3.05, 3.63) is 0 Å². The zero-order chi connectivity index (χ0) is 16.8. The summed E-state index contributed by atoms with van der Waals surface area (Å²) >= 11 is 0. The van der Waals surface area contributed by atoms with E-state index in [4.69, 9.17) is 9.47 Å². The molecule has 0 atom stereocenters. The van der Waals surface area contributed by atoms with Crippen molar-refractivity contribution in [3.8, 4) is 0 Å². The summed E-state index contributed by atoms with van der Waals surface area (Å²) in [6.45, 7) is 18.8. The molecule has 0 aromatic carbocycles. The number of hydrogen-bond acceptors (Lipinski definition) is 5. The van der Waals surface area contributed by atoms with E-state index >= 15 is 0 Å². The van der Waals surface area contributed by atoms with Gasteiger partial charge in [0.15, 0.2) is 0 Å². The van der Waals surface area contributed by atoms with Crippen molar-refractivity contribution in [2.45, 2.75) is 47.1 Å². The molecule has 0 N–H and O–H groups in total. The highest BCUT2D eigenvalue weighted by atomic mass is 16.5. The molecule has 1 saturated heterocycles. The molecule has 0 aromatic heterocycles. The summed E-state index contributed by atoms with van der Waals surface area (Å²) < 4.78 is 11.1. The quantitative estimate of drug-likeness (QED) is 0.702. The van der Waals surface area contributed by atoms with E-state index in [-0.39, 0.29) is 17.0 Å². The minimum Gasteiger partial charge on any atom is -0.464 e. The molecule has 0 radical (unpaired) electrons. The first-order valence-corrected chi connectivity index (χ1v) is 8.29. The van der Waals surface area contributed by atoms with E-state index in [9.17, 15) is 4.79 Å². The molecule has 1 heterocycles. The Morgan fingerprint density at radius 1 is 0.955 bits per heavy atom. The number of esters is 1. The van der Waals surface area contributed by atoms with Crippen molar-refractivity contribution >= 4 is 5.97 Å². The Morgan fingerprint density at radius 2 is 1.50 bits per heavy atom. The van der Waals surface area contributed by atoms with Crippen LogP contribution >= 0.6 is 0 Å². The highest BCUT2D eigenvalue weighted by Crippen LogP contribution is 2.13. The third-order valence-electron chi connectivity index (χ3n) is 3.43. The number of carbonyl (C=O) groups is 1. The topological polar surface area (TPSA) is 42.0 Å². The van der Waals surface area contributed by atoms with Gasteiger partial charge in [-0.3, -0.25) is 14.6 Å². The molecule has 22 heavy (non-hydrogen) atoms. The smallest absolute Gasteiger partial charge is 0.320 e. The fraction of sp³-hybridized carbons (Fsp3) is 0.941. The maximum absolute atomic E-state index is 11.8. The first kappa shape index (κ1) is 19.4. The van der Waals surface area contributed by atoms with Gasteiger partial charge >= 0.3 is 5.97 Å². The molecule has 130 valence electrons. The van der Waals surface area contributed by atoms with Crippen molar-refractivity contribution in [1.82, 2.24) is 9.80 Å². The molecule has 0 unspecified atom stereocenters. The molecular formula is C17H34N2O3. The van der Waals surface area contributed by atoms with E-state index in [0.29, 0.717) is 13.2 Å². The van der Waals surface area contributed by atoms with E-state index < -0.39 is 0 Å². The fourth-order valence-corrected chi connectivity index (χ4v) is 2.18. The SMILES string of the molecule is CC(C)(C)COC(=O)CN1CCN(CCOC(C)(C)C)CC1. The van der Waals surface area contributed by atoms with Crippen molar-refractivity contribution < 1.29 is 14.3 Å². The summed E-state index contributed by atoms with van der Waals surface area (Å²) in [6, 6.07) is 0. The van der Waals surface area contributed by atoms with Gasteiger partial charge in [-0.05, 0) is 26.2 Å². The van der Waals surface area contributed by atoms with E-state index in [2.05, 4.69) is 51.3 Å². The average Bonchev–Trinajstić information content (AvgIpc) is 2.36. The molecule has 5 nitrogen and oxygen atoms in total.